The molecule has 0 radical (unpaired) electrons. The Hall–Kier alpha value is -1.74. The molecule has 0 bridgehead atoms. The van der Waals surface area contributed by atoms with Crippen molar-refractivity contribution in [3.63, 3.8) is 0 Å². The Morgan fingerprint density at radius 3 is 2.78 bits per heavy atom. The van der Waals surface area contributed by atoms with Gasteiger partial charge in [-0.2, -0.15) is 0 Å². The Balaban J connectivity index is 1.52. The average molecular weight is 364 g/mol. The number of allylic oxidation sites excluding steroid dienone is 3. The van der Waals surface area contributed by atoms with Crippen molar-refractivity contribution in [1.29, 1.82) is 0 Å². The summed E-state index contributed by atoms with van der Waals surface area (Å²) in [5, 5.41) is 11.1. The minimum absolute atomic E-state index is 0.0860. The summed E-state index contributed by atoms with van der Waals surface area (Å²) in [5.41, 5.74) is 3.86. The predicted molar refractivity (Wildman–Crippen MR) is 106 cm³/mol. The maximum absolute atomic E-state index is 12.0. The van der Waals surface area contributed by atoms with Crippen LogP contribution in [0.15, 0.2) is 42.1 Å². The van der Waals surface area contributed by atoms with Gasteiger partial charge in [0.15, 0.2) is 0 Å². The highest BCUT2D eigenvalue weighted by Crippen LogP contribution is 2.65. The van der Waals surface area contributed by atoms with Crippen molar-refractivity contribution in [3.8, 4) is 0 Å². The molecule has 4 aliphatic carbocycles. The number of fused-ring (bicyclic) bond motifs is 5. The summed E-state index contributed by atoms with van der Waals surface area (Å²) in [6, 6.07) is 6.16. The summed E-state index contributed by atoms with van der Waals surface area (Å²) in [6.07, 6.45) is 11.4. The Morgan fingerprint density at radius 1 is 1.15 bits per heavy atom. The van der Waals surface area contributed by atoms with Gasteiger partial charge in [0.25, 0.3) is 0 Å². The minimum atomic E-state index is -0.426. The number of aliphatic hydroxyl groups is 1. The van der Waals surface area contributed by atoms with Crippen LogP contribution in [0.1, 0.15) is 58.1 Å². The van der Waals surface area contributed by atoms with Crippen LogP contribution in [0.4, 0.5) is 0 Å². The summed E-state index contributed by atoms with van der Waals surface area (Å²) in [7, 11) is 0. The molecule has 2 fully saturated rings. The topological polar surface area (TPSA) is 50.2 Å². The van der Waals surface area contributed by atoms with E-state index in [9.17, 15) is 9.90 Å². The molecule has 3 nitrogen and oxygen atoms in total. The number of carbonyl (C=O) groups is 1. The number of Topliss-reactive ketones (excluding diaryl/α,β-unsaturated/α-hetero) is 1. The zero-order valence-corrected chi connectivity index (χ0v) is 16.3. The Bertz CT molecular complexity index is 841. The van der Waals surface area contributed by atoms with Crippen LogP contribution in [0, 0.1) is 28.6 Å². The van der Waals surface area contributed by atoms with E-state index in [0.717, 1.165) is 31.4 Å². The van der Waals surface area contributed by atoms with Crippen LogP contribution in [-0.4, -0.2) is 22.0 Å². The highest BCUT2D eigenvalue weighted by atomic mass is 16.3. The van der Waals surface area contributed by atoms with Crippen molar-refractivity contribution in [2.75, 3.05) is 0 Å². The summed E-state index contributed by atoms with van der Waals surface area (Å²) in [4.78, 5) is 16.6. The van der Waals surface area contributed by atoms with E-state index in [-0.39, 0.29) is 16.7 Å². The van der Waals surface area contributed by atoms with Gasteiger partial charge in [-0.1, -0.05) is 37.6 Å². The van der Waals surface area contributed by atoms with Crippen LogP contribution >= 0.6 is 0 Å². The van der Waals surface area contributed by atoms with Gasteiger partial charge in [-0.15, -0.1) is 0 Å². The van der Waals surface area contributed by atoms with Crippen molar-refractivity contribution in [1.82, 2.24) is 4.98 Å². The first-order valence-corrected chi connectivity index (χ1v) is 10.5. The lowest BCUT2D eigenvalue weighted by atomic mass is 9.47. The van der Waals surface area contributed by atoms with Gasteiger partial charge in [0.2, 0.25) is 0 Å². The number of rotatable bonds is 1. The Kier molecular flexibility index (Phi) is 3.78. The lowest BCUT2D eigenvalue weighted by Gasteiger charge is -2.58. The van der Waals surface area contributed by atoms with Crippen LogP contribution in [0.25, 0.3) is 5.57 Å². The van der Waals surface area contributed by atoms with Crippen LogP contribution in [0.3, 0.4) is 0 Å². The molecule has 1 heterocycles. The molecule has 0 aliphatic heterocycles. The highest BCUT2D eigenvalue weighted by molar-refractivity contribution is 5.82. The maximum Gasteiger partial charge on any atom is 0.136 e. The van der Waals surface area contributed by atoms with Crippen LogP contribution in [0.2, 0.25) is 0 Å². The number of aliphatic hydroxyl groups excluding tert-OH is 1. The van der Waals surface area contributed by atoms with Gasteiger partial charge < -0.3 is 5.11 Å². The zero-order chi connectivity index (χ0) is 18.8. The molecule has 0 saturated heterocycles. The second-order valence-corrected chi connectivity index (χ2v) is 9.63. The third-order valence-corrected chi connectivity index (χ3v) is 8.48. The maximum atomic E-state index is 12.0. The molecule has 2 saturated carbocycles. The van der Waals surface area contributed by atoms with Crippen molar-refractivity contribution in [2.24, 2.45) is 28.6 Å². The van der Waals surface area contributed by atoms with Gasteiger partial charge in [0, 0.05) is 19.0 Å². The van der Waals surface area contributed by atoms with E-state index in [2.05, 4.69) is 43.1 Å². The lowest BCUT2D eigenvalue weighted by molar-refractivity contribution is -0.123. The molecule has 27 heavy (non-hydrogen) atoms. The van der Waals surface area contributed by atoms with Crippen molar-refractivity contribution >= 4 is 11.4 Å². The largest absolute Gasteiger partial charge is 0.389 e. The molecule has 0 unspecified atom stereocenters. The first-order chi connectivity index (χ1) is 12.9. The van der Waals surface area contributed by atoms with E-state index in [4.69, 9.17) is 0 Å². The quantitative estimate of drug-likeness (QED) is 0.743. The number of hydrogen-bond donors (Lipinski definition) is 1. The van der Waals surface area contributed by atoms with E-state index >= 15 is 0 Å². The van der Waals surface area contributed by atoms with Gasteiger partial charge in [-0.25, -0.2) is 0 Å². The lowest BCUT2D eigenvalue weighted by Crippen LogP contribution is -2.54. The van der Waals surface area contributed by atoms with Crippen LogP contribution < -0.4 is 0 Å². The molecule has 1 N–H and O–H groups in total. The molecule has 142 valence electrons. The SMILES string of the molecule is C[C@]12CCC(=O)CC1=C[C@@H](O)[C@@H]1[C@@H]2CC[C@]2(C)C(c3ccccn3)=CC[C@@H]12. The fourth-order valence-corrected chi connectivity index (χ4v) is 6.96. The average Bonchev–Trinajstić information content (AvgIpc) is 3.01. The number of ketones is 1. The predicted octanol–water partition coefficient (Wildman–Crippen LogP) is 4.58. The molecule has 5 rings (SSSR count). The molecular weight excluding hydrogens is 334 g/mol. The third kappa shape index (κ3) is 2.37. The molecular formula is C24H29NO2. The summed E-state index contributed by atoms with van der Waals surface area (Å²) >= 11 is 0. The van der Waals surface area contributed by atoms with E-state index in [1.807, 2.05) is 12.3 Å². The first kappa shape index (κ1) is 17.4. The molecule has 4 aliphatic rings. The summed E-state index contributed by atoms with van der Waals surface area (Å²) < 4.78 is 0. The molecule has 1 aromatic rings. The molecule has 6 atom stereocenters. The van der Waals surface area contributed by atoms with Crippen LogP contribution in [-0.2, 0) is 4.79 Å². The fraction of sp³-hybridized carbons (Fsp3) is 0.583. The Labute approximate surface area is 161 Å². The monoisotopic (exact) mass is 363 g/mol. The van der Waals surface area contributed by atoms with Crippen molar-refractivity contribution < 1.29 is 9.90 Å². The number of hydrogen-bond acceptors (Lipinski definition) is 3. The second kappa shape index (κ2) is 5.88. The third-order valence-electron chi connectivity index (χ3n) is 8.48. The molecule has 0 spiro atoms. The van der Waals surface area contributed by atoms with Crippen molar-refractivity contribution in [2.45, 2.75) is 58.5 Å². The second-order valence-electron chi connectivity index (χ2n) is 9.63. The summed E-state index contributed by atoms with van der Waals surface area (Å²) in [5.74, 6) is 1.55. The van der Waals surface area contributed by atoms with E-state index < -0.39 is 6.10 Å². The standard InChI is InChI=1S/C24H29NO2/c1-23-10-8-16(26)13-15(23)14-21(27)22-18-7-6-17(20-5-3-4-12-25-20)24(18,2)11-9-19(22)23/h3-6,12,14,18-19,21-22,27H,7-11,13H2,1-2H3/t18-,19-,21+,22-,23-,24+/m0/s1. The number of nitrogens with zero attached hydrogens (tertiary/aromatic N) is 1. The highest BCUT2D eigenvalue weighted by Gasteiger charge is 2.59. The van der Waals surface area contributed by atoms with Gasteiger partial charge in [0.05, 0.1) is 11.8 Å². The summed E-state index contributed by atoms with van der Waals surface area (Å²) in [6.45, 7) is 4.75. The number of aromatic nitrogens is 1. The fourth-order valence-electron chi connectivity index (χ4n) is 6.96. The first-order valence-electron chi connectivity index (χ1n) is 10.5. The molecule has 0 aromatic carbocycles. The Morgan fingerprint density at radius 2 is 2.00 bits per heavy atom. The van der Waals surface area contributed by atoms with E-state index in [1.165, 1.54) is 11.1 Å². The molecule has 1 aromatic heterocycles. The normalized spacial score (nSPS) is 43.3. The van der Waals surface area contributed by atoms with Crippen LogP contribution in [0.5, 0.6) is 0 Å². The van der Waals surface area contributed by atoms with E-state index in [0.29, 0.717) is 30.5 Å². The van der Waals surface area contributed by atoms with Gasteiger partial charge >= 0.3 is 0 Å². The number of pyridine rings is 1. The minimum Gasteiger partial charge on any atom is -0.389 e. The van der Waals surface area contributed by atoms with Gasteiger partial charge in [0.1, 0.15) is 5.78 Å². The molecule has 0 amide bonds. The zero-order valence-electron chi connectivity index (χ0n) is 16.3. The number of carbonyl (C=O) groups excluding carboxylic acids is 1. The van der Waals surface area contributed by atoms with E-state index in [1.54, 1.807) is 0 Å². The molecule has 3 heteroatoms. The van der Waals surface area contributed by atoms with Gasteiger partial charge in [-0.3, -0.25) is 9.78 Å². The van der Waals surface area contributed by atoms with Gasteiger partial charge in [-0.05, 0) is 72.0 Å². The van der Waals surface area contributed by atoms with Crippen molar-refractivity contribution in [3.05, 3.63) is 47.8 Å². The smallest absolute Gasteiger partial charge is 0.136 e.